The highest BCUT2D eigenvalue weighted by atomic mass is 32.3. The largest absolute Gasteiger partial charge is 0.466 e. The lowest BCUT2D eigenvalue weighted by Crippen LogP contribution is -2.89. The molecule has 21 nitrogen and oxygen atoms in total. The summed E-state index contributed by atoms with van der Waals surface area (Å²) in [6.45, 7) is 27.9. The van der Waals surface area contributed by atoms with Gasteiger partial charge >= 0.3 is 12.1 Å². The number of hydrogen-bond acceptors (Lipinski definition) is 18. The van der Waals surface area contributed by atoms with E-state index in [2.05, 4.69) is 0 Å². The molecule has 0 spiro atoms. The molecule has 0 aliphatic heterocycles. The minimum Gasteiger partial charge on any atom is -0.361 e. The van der Waals surface area contributed by atoms with Crippen molar-refractivity contribution in [3.63, 3.8) is 0 Å². The average Bonchev–Trinajstić information content (AvgIpc) is 0.620. The molecule has 8 unspecified atom stereocenters. The topological polar surface area (TPSA) is 371 Å². The molecule has 0 aromatic heterocycles. The predicted octanol–water partition coefficient (Wildman–Crippen LogP) is 21.9. The lowest BCUT2D eigenvalue weighted by molar-refractivity contribution is 0.165. The molecule has 0 bridgehead atoms. The summed E-state index contributed by atoms with van der Waals surface area (Å²) in [7, 11) is -60.3. The van der Waals surface area contributed by atoms with Gasteiger partial charge in [-0.3, -0.25) is 0 Å². The summed E-state index contributed by atoms with van der Waals surface area (Å²) in [5.41, 5.74) is 0. The van der Waals surface area contributed by atoms with Crippen molar-refractivity contribution in [2.45, 2.75) is 529 Å². The number of hydrogen-bond donors (Lipinski definition) is 4. The van der Waals surface area contributed by atoms with E-state index in [1.165, 1.54) is 0 Å². The molecule has 114 heavy (non-hydrogen) atoms. The fourth-order valence-corrected chi connectivity index (χ4v) is 53.2. The van der Waals surface area contributed by atoms with Gasteiger partial charge in [-0.2, -0.15) is 0 Å². The van der Waals surface area contributed by atoms with Crippen molar-refractivity contribution < 1.29 is 91.7 Å². The van der Waals surface area contributed by atoms with Gasteiger partial charge in [0.2, 0.25) is 23.8 Å². The number of unbranched alkanes of at least 4 members (excludes halogenated alkanes) is 24. The summed E-state index contributed by atoms with van der Waals surface area (Å²) < 4.78 is 295. The molecule has 0 saturated carbocycles. The highest BCUT2D eigenvalue weighted by Crippen LogP contribution is 2.66. The first-order valence-electron chi connectivity index (χ1n) is 45.9. The fraction of sp³-hybridized carbons (Fsp3) is 1.00. The maximum atomic E-state index is 19.8. The van der Waals surface area contributed by atoms with Crippen LogP contribution < -0.4 is 0 Å². The van der Waals surface area contributed by atoms with Crippen molar-refractivity contribution in [2.75, 3.05) is 0 Å². The van der Waals surface area contributed by atoms with Gasteiger partial charge < -0.3 is 19.8 Å². The highest BCUT2D eigenvalue weighted by molar-refractivity contribution is 8.23. The first-order valence-corrected chi connectivity index (χ1v) is 60.0. The molecule has 0 aliphatic rings. The standard InChI is InChI=1S/C84H170O17S8.H3O4P/c1-17-33-41-49-65-73(57-25-9)102(86,87)81(103(88,89)74(58-26-10)66-50-42-34-18-2)82(104(90,91)75(59-27-11)67-51-43-35-19-3,105(92,93)76(60-28-12)68-52-44-36-20-4)83(106(94,95)77(61-29-13)69-53-45-37-21-5,107(96,97)78(62-30-14)70-54-46-38-22-6)84(85,108(98,99)79(63-31-15)71-55-47-39-23-7)109(100,101)80(64-32-16)72-56-48-40-24-8;1-5(2,3)4/h73-81,85H,17-72H2,1-16H3;(H3,1,2,3,4). The van der Waals surface area contributed by atoms with Crippen molar-refractivity contribution >= 4 is 86.5 Å². The highest BCUT2D eigenvalue weighted by Gasteiger charge is 2.97. The molecule has 4 N–H and O–H groups in total. The van der Waals surface area contributed by atoms with Crippen LogP contribution in [0.4, 0.5) is 0 Å². The van der Waals surface area contributed by atoms with Crippen LogP contribution in [0.1, 0.15) is 470 Å². The van der Waals surface area contributed by atoms with Gasteiger partial charge in [-0.25, -0.2) is 71.9 Å². The molecular weight excluding hydrogens is 1630 g/mol. The molecule has 0 saturated heterocycles. The third-order valence-corrected chi connectivity index (χ3v) is 51.7. The van der Waals surface area contributed by atoms with Gasteiger partial charge in [-0.1, -0.05) is 368 Å². The Morgan fingerprint density at radius 3 is 0.526 bits per heavy atom. The van der Waals surface area contributed by atoms with E-state index in [-0.39, 0.29) is 128 Å². The van der Waals surface area contributed by atoms with Gasteiger partial charge in [0, 0.05) is 0 Å². The van der Waals surface area contributed by atoms with Crippen molar-refractivity contribution in [3.8, 4) is 0 Å². The van der Waals surface area contributed by atoms with Crippen LogP contribution in [0.2, 0.25) is 0 Å². The minimum atomic E-state index is -7.26. The summed E-state index contributed by atoms with van der Waals surface area (Å²) in [6.07, 6.45) is -0.0236. The van der Waals surface area contributed by atoms with Gasteiger partial charge in [0.15, 0.2) is 63.6 Å². The molecule has 0 aromatic rings. The Bertz CT molecular complexity index is 3310. The van der Waals surface area contributed by atoms with Crippen LogP contribution in [-0.2, 0) is 83.3 Å². The van der Waals surface area contributed by atoms with E-state index < -0.39 is 248 Å². The first kappa shape index (κ1) is 116. The summed E-state index contributed by atoms with van der Waals surface area (Å²) in [5.74, 6) is 0. The molecule has 688 valence electrons. The Hall–Kier alpha value is -0.330. The number of rotatable bonds is 75. The monoisotopic (exact) mass is 1800 g/mol. The first-order chi connectivity index (χ1) is 53.5. The Morgan fingerprint density at radius 1 is 0.211 bits per heavy atom. The molecule has 0 amide bonds. The van der Waals surface area contributed by atoms with Crippen LogP contribution in [0, 0.1) is 0 Å². The molecule has 0 fully saturated rings. The van der Waals surface area contributed by atoms with Crippen LogP contribution in [-0.4, -0.2) is 146 Å². The van der Waals surface area contributed by atoms with Crippen molar-refractivity contribution in [1.82, 2.24) is 0 Å². The van der Waals surface area contributed by atoms with Crippen molar-refractivity contribution in [3.05, 3.63) is 0 Å². The van der Waals surface area contributed by atoms with Crippen LogP contribution >= 0.6 is 7.82 Å². The predicted molar refractivity (Wildman–Crippen MR) is 479 cm³/mol. The number of aliphatic hydroxyl groups is 1. The van der Waals surface area contributed by atoms with Crippen LogP contribution in [0.25, 0.3) is 0 Å². The second kappa shape index (κ2) is 58.7. The summed E-state index contributed by atoms with van der Waals surface area (Å²) in [6, 6.07) is 0. The fourth-order valence-electron chi connectivity index (χ4n) is 17.7. The van der Waals surface area contributed by atoms with E-state index in [0.717, 1.165) is 0 Å². The zero-order chi connectivity index (χ0) is 87.8. The lowest BCUT2D eigenvalue weighted by atomic mass is 10.1. The average molecular weight is 1810 g/mol. The maximum absolute atomic E-state index is 19.8. The van der Waals surface area contributed by atoms with Crippen LogP contribution in [0.5, 0.6) is 0 Å². The van der Waals surface area contributed by atoms with Gasteiger partial charge in [-0.05, 0) is 103 Å². The van der Waals surface area contributed by atoms with E-state index >= 15 is 72.4 Å². The molecule has 0 aromatic carbocycles. The second-order valence-corrected chi connectivity index (χ2v) is 54.2. The van der Waals surface area contributed by atoms with Gasteiger partial charge in [0.25, 0.3) is 4.08 Å². The summed E-state index contributed by atoms with van der Waals surface area (Å²) in [4.78, 5) is 21.6. The third-order valence-electron chi connectivity index (χ3n) is 23.7. The Kier molecular flexibility index (Phi) is 59.6. The summed E-state index contributed by atoms with van der Waals surface area (Å²) >= 11 is 0. The molecule has 0 rings (SSSR count). The molecule has 0 aliphatic carbocycles. The van der Waals surface area contributed by atoms with Crippen molar-refractivity contribution in [2.24, 2.45) is 0 Å². The normalized spacial score (nSPS) is 17.3. The Labute approximate surface area is 702 Å². The van der Waals surface area contributed by atoms with E-state index in [9.17, 15) is 0 Å². The van der Waals surface area contributed by atoms with E-state index in [1.807, 2.05) is 55.4 Å². The van der Waals surface area contributed by atoms with Crippen LogP contribution in [0.15, 0.2) is 0 Å². The SMILES string of the molecule is CCCCCCC(CCC)S(=O)(=O)C(C(C(C(O)(S(=O)(=O)C(CCC)CCCCCC)S(=O)(=O)C(CCC)CCCCCC)(S(=O)(=O)C(CCC)CCCCCC)S(=O)(=O)C(CCC)CCCCCC)(S(=O)(=O)C(CCC)CCCCCC)S(=O)(=O)C(CCC)CCCCCC)S(=O)(=O)C(CCC)CCCCCC.O=P(O)(O)O. The zero-order valence-corrected chi connectivity index (χ0v) is 82.2. The quantitative estimate of drug-likeness (QED) is 0.0324. The van der Waals surface area contributed by atoms with E-state index in [4.69, 9.17) is 19.2 Å². The molecule has 0 radical (unpaired) electrons. The molecule has 30 heteroatoms. The molecule has 0 heterocycles. The Morgan fingerprint density at radius 2 is 0.360 bits per heavy atom. The third kappa shape index (κ3) is 31.1. The molecule has 8 atom stereocenters. The summed E-state index contributed by atoms with van der Waals surface area (Å²) in [5, 5.41) is -1.74. The number of phosphoric acid groups is 1. The van der Waals surface area contributed by atoms with Gasteiger partial charge in [0.1, 0.15) is 0 Å². The minimum absolute atomic E-state index is 0.0329. The Balaban J connectivity index is 0. The van der Waals surface area contributed by atoms with Crippen molar-refractivity contribution in [1.29, 1.82) is 0 Å². The van der Waals surface area contributed by atoms with Gasteiger partial charge in [0.05, 0.1) is 42.0 Å². The number of sulfone groups is 8. The van der Waals surface area contributed by atoms with E-state index in [1.54, 1.807) is 55.4 Å². The van der Waals surface area contributed by atoms with Crippen LogP contribution in [0.3, 0.4) is 0 Å². The maximum Gasteiger partial charge on any atom is 0.466 e. The lowest BCUT2D eigenvalue weighted by Gasteiger charge is -2.58. The molecular formula is C84H173O21PS8. The second-order valence-electron chi connectivity index (χ2n) is 33.2. The van der Waals surface area contributed by atoms with E-state index in [0.29, 0.717) is 128 Å². The van der Waals surface area contributed by atoms with Gasteiger partial charge in [-0.15, -0.1) is 0 Å². The smallest absolute Gasteiger partial charge is 0.361 e. The zero-order valence-electron chi connectivity index (χ0n) is 74.7.